The van der Waals surface area contributed by atoms with Crippen molar-refractivity contribution >= 4 is 11.7 Å². The second-order valence-electron chi connectivity index (χ2n) is 4.92. The van der Waals surface area contributed by atoms with Crippen molar-refractivity contribution in [2.75, 3.05) is 25.1 Å². The van der Waals surface area contributed by atoms with E-state index in [-0.39, 0.29) is 6.03 Å². The Labute approximate surface area is 135 Å². The lowest BCUT2D eigenvalue weighted by Crippen LogP contribution is -2.30. The summed E-state index contributed by atoms with van der Waals surface area (Å²) in [6.45, 7) is 4.11. The summed E-state index contributed by atoms with van der Waals surface area (Å²) in [6, 6.07) is 3.22. The number of unbranched alkanes of at least 4 members (excludes halogenated alkanes) is 1. The third kappa shape index (κ3) is 5.67. The van der Waals surface area contributed by atoms with Gasteiger partial charge in [-0.25, -0.2) is 19.4 Å². The van der Waals surface area contributed by atoms with Gasteiger partial charge in [0.25, 0.3) is 0 Å². The quantitative estimate of drug-likeness (QED) is 0.690. The van der Waals surface area contributed by atoms with E-state index in [9.17, 15) is 4.79 Å². The maximum Gasteiger partial charge on any atom is 0.319 e. The van der Waals surface area contributed by atoms with Crippen LogP contribution in [-0.2, 0) is 4.74 Å². The van der Waals surface area contributed by atoms with Crippen LogP contribution in [0.15, 0.2) is 31.0 Å². The van der Waals surface area contributed by atoms with Crippen molar-refractivity contribution in [3.8, 4) is 5.82 Å². The van der Waals surface area contributed by atoms with Crippen LogP contribution in [0.25, 0.3) is 5.82 Å². The highest BCUT2D eigenvalue weighted by molar-refractivity contribution is 5.90. The molecule has 0 unspecified atom stereocenters. The Balaban J connectivity index is 1.76. The number of nitrogens with one attached hydrogen (secondary N) is 2. The Kier molecular flexibility index (Phi) is 6.99. The molecule has 0 aliphatic carbocycles. The van der Waals surface area contributed by atoms with Crippen molar-refractivity contribution < 1.29 is 9.53 Å². The van der Waals surface area contributed by atoms with Gasteiger partial charge < -0.3 is 15.4 Å². The van der Waals surface area contributed by atoms with Gasteiger partial charge in [0.1, 0.15) is 12.7 Å². The van der Waals surface area contributed by atoms with Crippen molar-refractivity contribution in [2.24, 2.45) is 0 Å². The van der Waals surface area contributed by atoms with Crippen molar-refractivity contribution in [1.82, 2.24) is 25.1 Å². The summed E-state index contributed by atoms with van der Waals surface area (Å²) >= 11 is 0. The highest BCUT2D eigenvalue weighted by Crippen LogP contribution is 2.15. The van der Waals surface area contributed by atoms with Crippen LogP contribution in [0.2, 0.25) is 0 Å². The number of amides is 2. The first kappa shape index (κ1) is 16.9. The maximum atomic E-state index is 11.9. The zero-order valence-electron chi connectivity index (χ0n) is 13.2. The summed E-state index contributed by atoms with van der Waals surface area (Å²) in [5.74, 6) is 0.517. The molecule has 0 radical (unpaired) electrons. The highest BCUT2D eigenvalue weighted by Gasteiger charge is 2.09. The highest BCUT2D eigenvalue weighted by atomic mass is 16.5. The number of rotatable bonds is 9. The summed E-state index contributed by atoms with van der Waals surface area (Å²) in [7, 11) is 0. The van der Waals surface area contributed by atoms with Crippen molar-refractivity contribution in [1.29, 1.82) is 0 Å². The minimum absolute atomic E-state index is 0.284. The second-order valence-corrected chi connectivity index (χ2v) is 4.92. The van der Waals surface area contributed by atoms with Gasteiger partial charge in [-0.1, -0.05) is 13.3 Å². The van der Waals surface area contributed by atoms with E-state index < -0.39 is 0 Å². The lowest BCUT2D eigenvalue weighted by molar-refractivity contribution is 0.129. The summed E-state index contributed by atoms with van der Waals surface area (Å²) in [5, 5.41) is 9.58. The first-order chi connectivity index (χ1) is 11.3. The van der Waals surface area contributed by atoms with Crippen LogP contribution in [0.3, 0.4) is 0 Å². The molecule has 2 aromatic heterocycles. The molecule has 0 aromatic carbocycles. The fourth-order valence-electron chi connectivity index (χ4n) is 1.89. The molecule has 8 nitrogen and oxygen atoms in total. The minimum atomic E-state index is -0.284. The van der Waals surface area contributed by atoms with E-state index in [0.29, 0.717) is 24.7 Å². The van der Waals surface area contributed by atoms with Crippen LogP contribution in [0.5, 0.6) is 0 Å². The second kappa shape index (κ2) is 9.52. The molecule has 0 aliphatic rings. The van der Waals surface area contributed by atoms with Gasteiger partial charge in [-0.2, -0.15) is 5.10 Å². The zero-order valence-corrected chi connectivity index (χ0v) is 13.2. The van der Waals surface area contributed by atoms with Gasteiger partial charge in [0.2, 0.25) is 0 Å². The van der Waals surface area contributed by atoms with Gasteiger partial charge in [-0.15, -0.1) is 0 Å². The van der Waals surface area contributed by atoms with E-state index >= 15 is 0 Å². The third-order valence-corrected chi connectivity index (χ3v) is 3.06. The van der Waals surface area contributed by atoms with E-state index in [1.807, 2.05) is 0 Å². The standard InChI is InChI=1S/C15H22N6O2/c1-2-3-9-23-10-5-8-18-15(22)20-13-6-4-7-17-14(13)21-12-16-11-19-21/h4,6-7,11-12H,2-3,5,8-10H2,1H3,(H2,18,20,22). The normalized spacial score (nSPS) is 10.5. The minimum Gasteiger partial charge on any atom is -0.381 e. The Morgan fingerprint density at radius 1 is 1.35 bits per heavy atom. The van der Waals surface area contributed by atoms with Gasteiger partial charge in [0.15, 0.2) is 5.82 Å². The molecular formula is C15H22N6O2. The van der Waals surface area contributed by atoms with E-state index in [1.54, 1.807) is 18.3 Å². The molecule has 2 rings (SSSR count). The largest absolute Gasteiger partial charge is 0.381 e. The molecule has 0 saturated heterocycles. The molecule has 2 aromatic rings. The summed E-state index contributed by atoms with van der Waals surface area (Å²) < 4.78 is 6.94. The molecule has 2 amide bonds. The number of urea groups is 1. The molecule has 0 saturated carbocycles. The molecule has 0 aliphatic heterocycles. The average molecular weight is 318 g/mol. The molecule has 2 heterocycles. The van der Waals surface area contributed by atoms with Crippen LogP contribution < -0.4 is 10.6 Å². The lowest BCUT2D eigenvalue weighted by Gasteiger charge is -2.10. The zero-order chi connectivity index (χ0) is 16.3. The Bertz CT molecular complexity index is 587. The number of pyridine rings is 1. The molecule has 2 N–H and O–H groups in total. The van der Waals surface area contributed by atoms with Gasteiger partial charge in [0.05, 0.1) is 5.69 Å². The van der Waals surface area contributed by atoms with Crippen LogP contribution in [0.1, 0.15) is 26.2 Å². The van der Waals surface area contributed by atoms with Crippen LogP contribution in [0.4, 0.5) is 10.5 Å². The van der Waals surface area contributed by atoms with Crippen molar-refractivity contribution in [3.63, 3.8) is 0 Å². The topological polar surface area (TPSA) is 94.0 Å². The molecule has 0 spiro atoms. The average Bonchev–Trinajstić information content (AvgIpc) is 3.09. The monoisotopic (exact) mass is 318 g/mol. The van der Waals surface area contributed by atoms with E-state index in [1.165, 1.54) is 17.3 Å². The number of anilines is 1. The van der Waals surface area contributed by atoms with Crippen LogP contribution in [0, 0.1) is 0 Å². The first-order valence-electron chi connectivity index (χ1n) is 7.74. The number of carbonyl (C=O) groups excluding carboxylic acids is 1. The Morgan fingerprint density at radius 3 is 3.00 bits per heavy atom. The number of hydrogen-bond donors (Lipinski definition) is 2. The van der Waals surface area contributed by atoms with Gasteiger partial charge >= 0.3 is 6.03 Å². The molecule has 0 atom stereocenters. The van der Waals surface area contributed by atoms with Gasteiger partial charge in [-0.05, 0) is 25.0 Å². The number of carbonyl (C=O) groups is 1. The number of aromatic nitrogens is 4. The number of ether oxygens (including phenoxy) is 1. The molecule has 124 valence electrons. The molecule has 23 heavy (non-hydrogen) atoms. The number of nitrogens with zero attached hydrogens (tertiary/aromatic N) is 4. The number of hydrogen-bond acceptors (Lipinski definition) is 5. The molecule has 8 heteroatoms. The SMILES string of the molecule is CCCCOCCCNC(=O)Nc1cccnc1-n1cncn1. The third-order valence-electron chi connectivity index (χ3n) is 3.06. The molecule has 0 bridgehead atoms. The van der Waals surface area contributed by atoms with E-state index in [0.717, 1.165) is 25.9 Å². The van der Waals surface area contributed by atoms with E-state index in [2.05, 4.69) is 32.6 Å². The van der Waals surface area contributed by atoms with Crippen molar-refractivity contribution in [3.05, 3.63) is 31.0 Å². The summed E-state index contributed by atoms with van der Waals surface area (Å²) in [5.41, 5.74) is 0.565. The maximum absolute atomic E-state index is 11.9. The Morgan fingerprint density at radius 2 is 2.22 bits per heavy atom. The van der Waals surface area contributed by atoms with Gasteiger partial charge in [-0.3, -0.25) is 0 Å². The predicted octanol–water partition coefficient (Wildman–Crippen LogP) is 1.99. The fraction of sp³-hybridized carbons (Fsp3) is 0.467. The summed E-state index contributed by atoms with van der Waals surface area (Å²) in [4.78, 5) is 20.0. The molecule has 0 fully saturated rings. The predicted molar refractivity (Wildman–Crippen MR) is 86.5 cm³/mol. The van der Waals surface area contributed by atoms with Crippen LogP contribution >= 0.6 is 0 Å². The fourth-order valence-corrected chi connectivity index (χ4v) is 1.89. The van der Waals surface area contributed by atoms with Gasteiger partial charge in [0, 0.05) is 26.0 Å². The molecular weight excluding hydrogens is 296 g/mol. The first-order valence-corrected chi connectivity index (χ1v) is 7.74. The smallest absolute Gasteiger partial charge is 0.319 e. The van der Waals surface area contributed by atoms with Crippen LogP contribution in [-0.4, -0.2) is 45.5 Å². The Hall–Kier alpha value is -2.48. The summed E-state index contributed by atoms with van der Waals surface area (Å²) in [6.07, 6.45) is 7.55. The van der Waals surface area contributed by atoms with Crippen molar-refractivity contribution in [2.45, 2.75) is 26.2 Å². The lowest BCUT2D eigenvalue weighted by atomic mass is 10.3. The van der Waals surface area contributed by atoms with E-state index in [4.69, 9.17) is 4.74 Å².